The van der Waals surface area contributed by atoms with Gasteiger partial charge in [-0.1, -0.05) is 12.1 Å². The Morgan fingerprint density at radius 2 is 2.22 bits per heavy atom. The third-order valence-corrected chi connectivity index (χ3v) is 2.76. The van der Waals surface area contributed by atoms with Crippen LogP contribution in [0.2, 0.25) is 0 Å². The first-order valence-corrected chi connectivity index (χ1v) is 5.85. The number of aromatic hydroxyl groups is 1. The maximum absolute atomic E-state index is 11.5. The number of pyridine rings is 1. The van der Waals surface area contributed by atoms with Crippen LogP contribution in [0.3, 0.4) is 0 Å². The van der Waals surface area contributed by atoms with Gasteiger partial charge in [0.05, 0.1) is 13.0 Å². The fourth-order valence-electron chi connectivity index (χ4n) is 1.87. The second kappa shape index (κ2) is 5.04. The summed E-state index contributed by atoms with van der Waals surface area (Å²) in [5.74, 6) is -0.111. The summed E-state index contributed by atoms with van der Waals surface area (Å²) in [6.07, 6.45) is 0.207. The van der Waals surface area contributed by atoms with E-state index in [-0.39, 0.29) is 18.1 Å². The van der Waals surface area contributed by atoms with Crippen molar-refractivity contribution >= 4 is 16.9 Å². The average molecular weight is 245 g/mol. The number of para-hydroxylation sites is 1. The van der Waals surface area contributed by atoms with Crippen molar-refractivity contribution in [2.75, 3.05) is 6.61 Å². The molecule has 4 heteroatoms. The van der Waals surface area contributed by atoms with Crippen LogP contribution in [-0.2, 0) is 16.0 Å². The van der Waals surface area contributed by atoms with Gasteiger partial charge >= 0.3 is 5.97 Å². The zero-order valence-corrected chi connectivity index (χ0v) is 10.4. The first kappa shape index (κ1) is 12.4. The molecule has 0 atom stereocenters. The Balaban J connectivity index is 2.40. The third kappa shape index (κ3) is 2.42. The van der Waals surface area contributed by atoms with Gasteiger partial charge < -0.3 is 9.84 Å². The Morgan fingerprint density at radius 1 is 1.44 bits per heavy atom. The molecule has 1 heterocycles. The summed E-state index contributed by atoms with van der Waals surface area (Å²) in [7, 11) is 0. The van der Waals surface area contributed by atoms with Crippen molar-refractivity contribution in [3.05, 3.63) is 35.5 Å². The van der Waals surface area contributed by atoms with E-state index in [9.17, 15) is 9.90 Å². The maximum atomic E-state index is 11.5. The van der Waals surface area contributed by atoms with Crippen LogP contribution >= 0.6 is 0 Å². The van der Waals surface area contributed by atoms with Crippen LogP contribution in [0.15, 0.2) is 24.3 Å². The van der Waals surface area contributed by atoms with E-state index in [1.807, 2.05) is 19.1 Å². The van der Waals surface area contributed by atoms with Crippen LogP contribution in [0.1, 0.15) is 18.2 Å². The fraction of sp³-hybridized carbons (Fsp3) is 0.286. The molecule has 0 spiro atoms. The van der Waals surface area contributed by atoms with Crippen molar-refractivity contribution in [2.45, 2.75) is 20.3 Å². The van der Waals surface area contributed by atoms with E-state index in [2.05, 4.69) is 4.98 Å². The molecule has 0 amide bonds. The first-order chi connectivity index (χ1) is 8.61. The monoisotopic (exact) mass is 245 g/mol. The standard InChI is InChI=1S/C14H15NO3/c1-3-18-13(17)8-11-7-10-5-4-6-12(16)14(10)15-9(11)2/h4-7,16H,3,8H2,1-2H3. The smallest absolute Gasteiger partial charge is 0.310 e. The molecule has 0 aliphatic heterocycles. The molecule has 0 radical (unpaired) electrons. The molecule has 2 aromatic rings. The van der Waals surface area contributed by atoms with Crippen LogP contribution < -0.4 is 0 Å². The molecule has 0 fully saturated rings. The van der Waals surface area contributed by atoms with E-state index in [1.54, 1.807) is 19.1 Å². The Bertz CT molecular complexity index is 593. The predicted molar refractivity (Wildman–Crippen MR) is 68.5 cm³/mol. The Morgan fingerprint density at radius 3 is 2.94 bits per heavy atom. The van der Waals surface area contributed by atoms with Gasteiger partial charge in [0.15, 0.2) is 0 Å². The number of esters is 1. The highest BCUT2D eigenvalue weighted by Gasteiger charge is 2.10. The largest absolute Gasteiger partial charge is 0.506 e. The Kier molecular flexibility index (Phi) is 3.46. The number of aryl methyl sites for hydroxylation is 1. The van der Waals surface area contributed by atoms with Gasteiger partial charge in [0.2, 0.25) is 0 Å². The predicted octanol–water partition coefficient (Wildman–Crippen LogP) is 2.35. The zero-order valence-electron chi connectivity index (χ0n) is 10.4. The molecule has 0 saturated carbocycles. The number of carbonyl (C=O) groups is 1. The number of hydrogen-bond acceptors (Lipinski definition) is 4. The van der Waals surface area contributed by atoms with Crippen LogP contribution in [-0.4, -0.2) is 22.7 Å². The quantitative estimate of drug-likeness (QED) is 0.843. The number of ether oxygens (including phenoxy) is 1. The molecule has 18 heavy (non-hydrogen) atoms. The normalized spacial score (nSPS) is 10.6. The lowest BCUT2D eigenvalue weighted by molar-refractivity contribution is -0.142. The lowest BCUT2D eigenvalue weighted by atomic mass is 10.1. The topological polar surface area (TPSA) is 59.4 Å². The summed E-state index contributed by atoms with van der Waals surface area (Å²) in [4.78, 5) is 15.8. The van der Waals surface area contributed by atoms with E-state index >= 15 is 0 Å². The second-order valence-electron chi connectivity index (χ2n) is 4.06. The molecule has 2 rings (SSSR count). The lowest BCUT2D eigenvalue weighted by Gasteiger charge is -2.08. The molecule has 1 aromatic carbocycles. The van der Waals surface area contributed by atoms with Crippen molar-refractivity contribution in [2.24, 2.45) is 0 Å². The van der Waals surface area contributed by atoms with E-state index < -0.39 is 0 Å². The number of fused-ring (bicyclic) bond motifs is 1. The minimum absolute atomic E-state index is 0.151. The van der Waals surface area contributed by atoms with Gasteiger partial charge in [-0.05, 0) is 31.5 Å². The molecule has 0 bridgehead atoms. The minimum Gasteiger partial charge on any atom is -0.506 e. The summed E-state index contributed by atoms with van der Waals surface area (Å²) < 4.78 is 4.92. The van der Waals surface area contributed by atoms with Gasteiger partial charge in [0.25, 0.3) is 0 Å². The minimum atomic E-state index is -0.262. The van der Waals surface area contributed by atoms with Crippen LogP contribution in [0.5, 0.6) is 5.75 Å². The number of phenolic OH excluding ortho intramolecular Hbond substituents is 1. The first-order valence-electron chi connectivity index (χ1n) is 5.85. The van der Waals surface area contributed by atoms with Crippen molar-refractivity contribution in [3.8, 4) is 5.75 Å². The Hall–Kier alpha value is -2.10. The Labute approximate surface area is 105 Å². The number of benzene rings is 1. The molecule has 0 aliphatic carbocycles. The number of nitrogens with zero attached hydrogens (tertiary/aromatic N) is 1. The van der Waals surface area contributed by atoms with Gasteiger partial charge in [0, 0.05) is 11.1 Å². The molecular formula is C14H15NO3. The zero-order chi connectivity index (χ0) is 13.1. The lowest BCUT2D eigenvalue weighted by Crippen LogP contribution is -2.09. The molecular weight excluding hydrogens is 230 g/mol. The van der Waals surface area contributed by atoms with Crippen LogP contribution in [0.4, 0.5) is 0 Å². The van der Waals surface area contributed by atoms with E-state index in [0.717, 1.165) is 16.6 Å². The molecule has 94 valence electrons. The number of hydrogen-bond donors (Lipinski definition) is 1. The summed E-state index contributed by atoms with van der Waals surface area (Å²) >= 11 is 0. The highest BCUT2D eigenvalue weighted by atomic mass is 16.5. The van der Waals surface area contributed by atoms with Gasteiger partial charge in [0.1, 0.15) is 11.3 Å². The van der Waals surface area contributed by atoms with Gasteiger partial charge in [-0.25, -0.2) is 4.98 Å². The highest BCUT2D eigenvalue weighted by molar-refractivity contribution is 5.86. The van der Waals surface area contributed by atoms with Crippen molar-refractivity contribution < 1.29 is 14.6 Å². The van der Waals surface area contributed by atoms with Crippen LogP contribution in [0, 0.1) is 6.92 Å². The summed E-state index contributed by atoms with van der Waals surface area (Å²) in [6, 6.07) is 7.08. The number of aromatic nitrogens is 1. The van der Waals surface area contributed by atoms with Crippen molar-refractivity contribution in [1.82, 2.24) is 4.98 Å². The fourth-order valence-corrected chi connectivity index (χ4v) is 1.87. The highest BCUT2D eigenvalue weighted by Crippen LogP contribution is 2.24. The second-order valence-corrected chi connectivity index (χ2v) is 4.06. The van der Waals surface area contributed by atoms with E-state index in [4.69, 9.17) is 4.74 Å². The molecule has 0 unspecified atom stereocenters. The third-order valence-electron chi connectivity index (χ3n) is 2.76. The molecule has 0 aliphatic rings. The van der Waals surface area contributed by atoms with E-state index in [1.165, 1.54) is 0 Å². The van der Waals surface area contributed by atoms with Crippen molar-refractivity contribution in [1.29, 1.82) is 0 Å². The molecule has 1 aromatic heterocycles. The van der Waals surface area contributed by atoms with Gasteiger partial charge in [-0.2, -0.15) is 0 Å². The summed E-state index contributed by atoms with van der Waals surface area (Å²) in [5, 5.41) is 10.5. The van der Waals surface area contributed by atoms with Gasteiger partial charge in [-0.3, -0.25) is 4.79 Å². The SMILES string of the molecule is CCOC(=O)Cc1cc2cccc(O)c2nc1C. The summed E-state index contributed by atoms with van der Waals surface area (Å²) in [5.41, 5.74) is 2.12. The summed E-state index contributed by atoms with van der Waals surface area (Å²) in [6.45, 7) is 3.97. The van der Waals surface area contributed by atoms with Crippen molar-refractivity contribution in [3.63, 3.8) is 0 Å². The molecule has 4 nitrogen and oxygen atoms in total. The number of rotatable bonds is 3. The molecule has 0 saturated heterocycles. The van der Waals surface area contributed by atoms with Gasteiger partial charge in [-0.15, -0.1) is 0 Å². The molecule has 1 N–H and O–H groups in total. The van der Waals surface area contributed by atoms with E-state index in [0.29, 0.717) is 12.1 Å². The average Bonchev–Trinajstić information content (AvgIpc) is 2.32. The number of phenols is 1. The maximum Gasteiger partial charge on any atom is 0.310 e. The van der Waals surface area contributed by atoms with Crippen LogP contribution in [0.25, 0.3) is 10.9 Å². The number of carbonyl (C=O) groups excluding carboxylic acids is 1.